The second-order valence-corrected chi connectivity index (χ2v) is 7.93. The molecule has 124 valence electrons. The molecule has 2 rings (SSSR count). The van der Waals surface area contributed by atoms with E-state index in [-0.39, 0.29) is 18.1 Å². The summed E-state index contributed by atoms with van der Waals surface area (Å²) in [6.07, 6.45) is -1.05. The van der Waals surface area contributed by atoms with Crippen LogP contribution >= 0.6 is 0 Å². The number of rotatable bonds is 7. The molecular formula is C18H22O4S. The summed E-state index contributed by atoms with van der Waals surface area (Å²) in [5, 5.41) is 9.93. The van der Waals surface area contributed by atoms with Gasteiger partial charge in [0.1, 0.15) is 18.5 Å². The number of sulfone groups is 1. The predicted octanol–water partition coefficient (Wildman–Crippen LogP) is 2.66. The quantitative estimate of drug-likeness (QED) is 0.845. The largest absolute Gasteiger partial charge is 0.491 e. The molecule has 2 aromatic carbocycles. The number of aliphatic hydroxyl groups excluding tert-OH is 1. The van der Waals surface area contributed by atoms with E-state index in [4.69, 9.17) is 4.74 Å². The molecular weight excluding hydrogens is 312 g/mol. The highest BCUT2D eigenvalue weighted by atomic mass is 32.2. The Labute approximate surface area is 137 Å². The Morgan fingerprint density at radius 3 is 2.39 bits per heavy atom. The third-order valence-electron chi connectivity index (χ3n) is 3.39. The van der Waals surface area contributed by atoms with E-state index in [1.54, 1.807) is 18.2 Å². The van der Waals surface area contributed by atoms with Crippen LogP contribution in [-0.4, -0.2) is 32.0 Å². The van der Waals surface area contributed by atoms with Crippen LogP contribution in [0.3, 0.4) is 0 Å². The van der Waals surface area contributed by atoms with Crippen LogP contribution in [0.5, 0.6) is 5.75 Å². The van der Waals surface area contributed by atoms with Crippen LogP contribution in [0, 0.1) is 13.8 Å². The summed E-state index contributed by atoms with van der Waals surface area (Å²) in [5.74, 6) is 0.238. The van der Waals surface area contributed by atoms with E-state index >= 15 is 0 Å². The van der Waals surface area contributed by atoms with Crippen molar-refractivity contribution in [3.63, 3.8) is 0 Å². The summed E-state index contributed by atoms with van der Waals surface area (Å²) in [7, 11) is -3.39. The molecule has 0 saturated heterocycles. The number of aliphatic hydroxyl groups is 1. The molecule has 1 N–H and O–H groups in total. The first-order valence-electron chi connectivity index (χ1n) is 7.47. The van der Waals surface area contributed by atoms with Gasteiger partial charge in [-0.25, -0.2) is 8.42 Å². The second kappa shape index (κ2) is 7.62. The lowest BCUT2D eigenvalue weighted by Gasteiger charge is -2.13. The molecule has 0 bridgehead atoms. The maximum atomic E-state index is 12.1. The van der Waals surface area contributed by atoms with Crippen LogP contribution < -0.4 is 4.74 Å². The fraction of sp³-hybridized carbons (Fsp3) is 0.333. The maximum absolute atomic E-state index is 12.1. The zero-order chi connectivity index (χ0) is 16.9. The molecule has 5 heteroatoms. The molecule has 0 aromatic heterocycles. The van der Waals surface area contributed by atoms with E-state index in [1.807, 2.05) is 44.2 Å². The molecule has 0 heterocycles. The normalized spacial score (nSPS) is 12.8. The molecule has 1 unspecified atom stereocenters. The molecule has 0 spiro atoms. The van der Waals surface area contributed by atoms with Crippen LogP contribution in [0.2, 0.25) is 0 Å². The van der Waals surface area contributed by atoms with E-state index in [9.17, 15) is 13.5 Å². The minimum atomic E-state index is -3.39. The van der Waals surface area contributed by atoms with E-state index < -0.39 is 15.9 Å². The van der Waals surface area contributed by atoms with Gasteiger partial charge in [0.2, 0.25) is 0 Å². The van der Waals surface area contributed by atoms with Gasteiger partial charge in [0.15, 0.2) is 9.84 Å². The monoisotopic (exact) mass is 334 g/mol. The summed E-state index contributed by atoms with van der Waals surface area (Å²) in [4.78, 5) is 0. The van der Waals surface area contributed by atoms with Gasteiger partial charge in [0.25, 0.3) is 0 Å². The van der Waals surface area contributed by atoms with E-state index in [0.29, 0.717) is 5.75 Å². The van der Waals surface area contributed by atoms with Gasteiger partial charge in [-0.15, -0.1) is 0 Å². The van der Waals surface area contributed by atoms with E-state index in [0.717, 1.165) is 16.7 Å². The molecule has 23 heavy (non-hydrogen) atoms. The Hall–Kier alpha value is -1.85. The van der Waals surface area contributed by atoms with E-state index in [1.165, 1.54) is 0 Å². The summed E-state index contributed by atoms with van der Waals surface area (Å²) in [5.41, 5.74) is 2.85. The molecule has 0 aliphatic rings. The topological polar surface area (TPSA) is 63.6 Å². The molecule has 0 aliphatic heterocycles. The van der Waals surface area contributed by atoms with Gasteiger partial charge in [-0.2, -0.15) is 0 Å². The lowest BCUT2D eigenvalue weighted by molar-refractivity contribution is 0.125. The van der Waals surface area contributed by atoms with Gasteiger partial charge in [0, 0.05) is 0 Å². The number of hydrogen-bond acceptors (Lipinski definition) is 4. The first kappa shape index (κ1) is 17.5. The van der Waals surface area contributed by atoms with Gasteiger partial charge >= 0.3 is 0 Å². The summed E-state index contributed by atoms with van der Waals surface area (Å²) in [6.45, 7) is 3.84. The standard InChI is InChI=1S/C18H22O4S/c1-14-6-8-16(9-7-14)12-23(20,21)13-17(19)11-22-18-5-3-4-15(2)10-18/h3-10,17,19H,11-13H2,1-2H3. The SMILES string of the molecule is Cc1ccc(CS(=O)(=O)CC(O)COc2cccc(C)c2)cc1. The highest BCUT2D eigenvalue weighted by molar-refractivity contribution is 7.90. The van der Waals surface area contributed by atoms with Crippen molar-refractivity contribution in [3.8, 4) is 5.75 Å². The third-order valence-corrected chi connectivity index (χ3v) is 5.05. The Balaban J connectivity index is 1.88. The molecule has 0 aliphatic carbocycles. The molecule has 2 aromatic rings. The van der Waals surface area contributed by atoms with Gasteiger partial charge < -0.3 is 9.84 Å². The highest BCUT2D eigenvalue weighted by Gasteiger charge is 2.18. The molecule has 4 nitrogen and oxygen atoms in total. The fourth-order valence-corrected chi connectivity index (χ4v) is 3.74. The first-order chi connectivity index (χ1) is 10.8. The Kier molecular flexibility index (Phi) is 5.80. The van der Waals surface area contributed by atoms with Crippen molar-refractivity contribution >= 4 is 9.84 Å². The number of aryl methyl sites for hydroxylation is 2. The van der Waals surface area contributed by atoms with Crippen molar-refractivity contribution in [1.82, 2.24) is 0 Å². The molecule has 0 fully saturated rings. The van der Waals surface area contributed by atoms with Crippen LogP contribution in [0.25, 0.3) is 0 Å². The predicted molar refractivity (Wildman–Crippen MR) is 91.4 cm³/mol. The Bertz CT molecular complexity index is 736. The van der Waals surface area contributed by atoms with Crippen molar-refractivity contribution in [1.29, 1.82) is 0 Å². The fourth-order valence-electron chi connectivity index (χ4n) is 2.24. The van der Waals surface area contributed by atoms with Crippen molar-refractivity contribution in [2.75, 3.05) is 12.4 Å². The molecule has 0 saturated carbocycles. The van der Waals surface area contributed by atoms with Crippen molar-refractivity contribution < 1.29 is 18.3 Å². The maximum Gasteiger partial charge on any atom is 0.157 e. The van der Waals surface area contributed by atoms with Gasteiger partial charge in [0.05, 0.1) is 11.5 Å². The van der Waals surface area contributed by atoms with Gasteiger partial charge in [-0.3, -0.25) is 0 Å². The number of ether oxygens (including phenoxy) is 1. The zero-order valence-corrected chi connectivity index (χ0v) is 14.2. The molecule has 1 atom stereocenters. The lowest BCUT2D eigenvalue weighted by atomic mass is 10.2. The van der Waals surface area contributed by atoms with Crippen LogP contribution in [0.1, 0.15) is 16.7 Å². The minimum Gasteiger partial charge on any atom is -0.491 e. The van der Waals surface area contributed by atoms with Gasteiger partial charge in [-0.05, 0) is 37.1 Å². The number of hydrogen-bond donors (Lipinski definition) is 1. The first-order valence-corrected chi connectivity index (χ1v) is 9.30. The van der Waals surface area contributed by atoms with Crippen LogP contribution in [0.15, 0.2) is 48.5 Å². The lowest BCUT2D eigenvalue weighted by Crippen LogP contribution is -2.27. The molecule has 0 amide bonds. The summed E-state index contributed by atoms with van der Waals surface area (Å²) < 4.78 is 29.7. The van der Waals surface area contributed by atoms with Crippen LogP contribution in [-0.2, 0) is 15.6 Å². The van der Waals surface area contributed by atoms with Crippen LogP contribution in [0.4, 0.5) is 0 Å². The average molecular weight is 334 g/mol. The molecule has 0 radical (unpaired) electrons. The highest BCUT2D eigenvalue weighted by Crippen LogP contribution is 2.14. The minimum absolute atomic E-state index is 0.0451. The Morgan fingerprint density at radius 1 is 1.04 bits per heavy atom. The summed E-state index contributed by atoms with van der Waals surface area (Å²) >= 11 is 0. The summed E-state index contributed by atoms with van der Waals surface area (Å²) in [6, 6.07) is 14.8. The second-order valence-electron chi connectivity index (χ2n) is 5.82. The van der Waals surface area contributed by atoms with Crippen molar-refractivity contribution in [3.05, 3.63) is 65.2 Å². The third kappa shape index (κ3) is 6.04. The van der Waals surface area contributed by atoms with Crippen molar-refractivity contribution in [2.45, 2.75) is 25.7 Å². The van der Waals surface area contributed by atoms with E-state index in [2.05, 4.69) is 0 Å². The number of benzene rings is 2. The Morgan fingerprint density at radius 2 is 1.74 bits per heavy atom. The average Bonchev–Trinajstić information content (AvgIpc) is 2.47. The van der Waals surface area contributed by atoms with Crippen molar-refractivity contribution in [2.24, 2.45) is 0 Å². The van der Waals surface area contributed by atoms with Gasteiger partial charge in [-0.1, -0.05) is 42.0 Å². The zero-order valence-electron chi connectivity index (χ0n) is 13.4. The smallest absolute Gasteiger partial charge is 0.157 e.